The van der Waals surface area contributed by atoms with Gasteiger partial charge in [-0.1, -0.05) is 0 Å². The van der Waals surface area contributed by atoms with Gasteiger partial charge in [0.1, 0.15) is 5.75 Å². The Morgan fingerprint density at radius 1 is 1.33 bits per heavy atom. The van der Waals surface area contributed by atoms with Crippen molar-refractivity contribution in [2.24, 2.45) is 4.99 Å². The number of nitrogens with zero attached hydrogens (tertiary/aromatic N) is 1. The molecule has 0 saturated heterocycles. The van der Waals surface area contributed by atoms with Gasteiger partial charge in [-0.25, -0.2) is 0 Å². The maximum absolute atomic E-state index is 8.63. The minimum absolute atomic E-state index is 0.194. The molecule has 1 N–H and O–H groups in total. The van der Waals surface area contributed by atoms with Crippen LogP contribution in [0.5, 0.6) is 5.75 Å². The number of rotatable bonds is 5. The lowest BCUT2D eigenvalue weighted by Gasteiger charge is -2.03. The average Bonchev–Trinajstić information content (AvgIpc) is 2.29. The van der Waals surface area contributed by atoms with E-state index in [2.05, 4.69) is 4.99 Å². The Balaban J connectivity index is 2.65. The number of aliphatic imine (C=N–C) groups is 1. The van der Waals surface area contributed by atoms with Crippen LogP contribution in [0.1, 0.15) is 18.9 Å². The van der Waals surface area contributed by atoms with Crippen LogP contribution < -0.4 is 4.74 Å². The van der Waals surface area contributed by atoms with E-state index in [4.69, 9.17) is 9.84 Å². The van der Waals surface area contributed by atoms with Crippen LogP contribution in [0.15, 0.2) is 29.3 Å². The van der Waals surface area contributed by atoms with Crippen LogP contribution in [0.25, 0.3) is 0 Å². The predicted molar refractivity (Wildman–Crippen MR) is 61.8 cm³/mol. The molecule has 0 amide bonds. The zero-order valence-electron chi connectivity index (χ0n) is 9.23. The standard InChI is InChI=1S/C12H17NO2/c1-10(13-8-3-9-14)11-4-6-12(15-2)7-5-11/h4-7,14H,3,8-9H2,1-2H3. The predicted octanol–water partition coefficient (Wildman–Crippen LogP) is 1.89. The van der Waals surface area contributed by atoms with Crippen molar-refractivity contribution in [3.05, 3.63) is 29.8 Å². The largest absolute Gasteiger partial charge is 0.497 e. The van der Waals surface area contributed by atoms with Crippen LogP contribution in [-0.4, -0.2) is 31.1 Å². The van der Waals surface area contributed by atoms with Crippen LogP contribution >= 0.6 is 0 Å². The first kappa shape index (κ1) is 11.7. The number of aliphatic hydroxyl groups is 1. The summed E-state index contributed by atoms with van der Waals surface area (Å²) >= 11 is 0. The van der Waals surface area contributed by atoms with Crippen molar-refractivity contribution in [1.82, 2.24) is 0 Å². The first-order chi connectivity index (χ1) is 7.27. The second kappa shape index (κ2) is 6.19. The number of aliphatic hydroxyl groups excluding tert-OH is 1. The number of hydrogen-bond donors (Lipinski definition) is 1. The summed E-state index contributed by atoms with van der Waals surface area (Å²) in [6.45, 7) is 2.84. The third kappa shape index (κ3) is 3.72. The molecule has 0 atom stereocenters. The van der Waals surface area contributed by atoms with Gasteiger partial charge in [-0.15, -0.1) is 0 Å². The highest BCUT2D eigenvalue weighted by Crippen LogP contribution is 2.11. The van der Waals surface area contributed by atoms with E-state index in [-0.39, 0.29) is 6.61 Å². The topological polar surface area (TPSA) is 41.8 Å². The van der Waals surface area contributed by atoms with Crippen LogP contribution in [0.4, 0.5) is 0 Å². The second-order valence-corrected chi connectivity index (χ2v) is 3.27. The molecule has 0 unspecified atom stereocenters. The van der Waals surface area contributed by atoms with E-state index in [0.29, 0.717) is 13.0 Å². The summed E-state index contributed by atoms with van der Waals surface area (Å²) in [5, 5.41) is 8.63. The average molecular weight is 207 g/mol. The first-order valence-corrected chi connectivity index (χ1v) is 5.04. The third-order valence-electron chi connectivity index (χ3n) is 2.17. The Bertz CT molecular complexity index is 317. The molecule has 3 nitrogen and oxygen atoms in total. The minimum Gasteiger partial charge on any atom is -0.497 e. The summed E-state index contributed by atoms with van der Waals surface area (Å²) in [5.41, 5.74) is 2.08. The van der Waals surface area contributed by atoms with Crippen molar-refractivity contribution in [3.8, 4) is 5.75 Å². The molecule has 0 spiro atoms. The van der Waals surface area contributed by atoms with E-state index in [0.717, 1.165) is 17.0 Å². The first-order valence-electron chi connectivity index (χ1n) is 5.04. The van der Waals surface area contributed by atoms with Crippen molar-refractivity contribution in [1.29, 1.82) is 0 Å². The van der Waals surface area contributed by atoms with E-state index in [1.165, 1.54) is 0 Å². The molecule has 3 heteroatoms. The normalized spacial score (nSPS) is 11.5. The maximum Gasteiger partial charge on any atom is 0.118 e. The third-order valence-corrected chi connectivity index (χ3v) is 2.17. The van der Waals surface area contributed by atoms with Crippen molar-refractivity contribution in [2.45, 2.75) is 13.3 Å². The van der Waals surface area contributed by atoms with E-state index >= 15 is 0 Å². The molecule has 0 saturated carbocycles. The Morgan fingerprint density at radius 3 is 2.53 bits per heavy atom. The molecule has 0 fully saturated rings. The van der Waals surface area contributed by atoms with Crippen LogP contribution in [-0.2, 0) is 0 Å². The molecule has 0 aliphatic carbocycles. The van der Waals surface area contributed by atoms with Crippen molar-refractivity contribution < 1.29 is 9.84 Å². The molecule has 15 heavy (non-hydrogen) atoms. The molecule has 82 valence electrons. The molecule has 1 rings (SSSR count). The SMILES string of the molecule is COc1ccc(C(C)=NCCCO)cc1. The summed E-state index contributed by atoms with van der Waals surface area (Å²) in [6.07, 6.45) is 0.716. The van der Waals surface area contributed by atoms with Gasteiger partial charge in [0.25, 0.3) is 0 Å². The van der Waals surface area contributed by atoms with Gasteiger partial charge in [-0.05, 0) is 43.2 Å². The lowest BCUT2D eigenvalue weighted by molar-refractivity contribution is 0.291. The highest BCUT2D eigenvalue weighted by Gasteiger charge is 1.97. The summed E-state index contributed by atoms with van der Waals surface area (Å²) in [5.74, 6) is 0.849. The molecule has 0 radical (unpaired) electrons. The van der Waals surface area contributed by atoms with Crippen LogP contribution in [0.3, 0.4) is 0 Å². The fourth-order valence-corrected chi connectivity index (χ4v) is 1.24. The fraction of sp³-hybridized carbons (Fsp3) is 0.417. The van der Waals surface area contributed by atoms with Gasteiger partial charge in [-0.2, -0.15) is 0 Å². The number of hydrogen-bond acceptors (Lipinski definition) is 3. The summed E-state index contributed by atoms with van der Waals surface area (Å²) < 4.78 is 5.07. The molecule has 0 aliphatic rings. The molecule has 0 aliphatic heterocycles. The minimum atomic E-state index is 0.194. The molecule has 0 aromatic heterocycles. The fourth-order valence-electron chi connectivity index (χ4n) is 1.24. The van der Waals surface area contributed by atoms with Gasteiger partial charge >= 0.3 is 0 Å². The second-order valence-electron chi connectivity index (χ2n) is 3.27. The molecule has 0 heterocycles. The van der Waals surface area contributed by atoms with Gasteiger partial charge in [0.05, 0.1) is 7.11 Å². The summed E-state index contributed by atoms with van der Waals surface area (Å²) in [6, 6.07) is 7.80. The lowest BCUT2D eigenvalue weighted by Crippen LogP contribution is -1.97. The Hall–Kier alpha value is -1.35. The van der Waals surface area contributed by atoms with Gasteiger partial charge in [0, 0.05) is 18.9 Å². The van der Waals surface area contributed by atoms with Crippen molar-refractivity contribution in [2.75, 3.05) is 20.3 Å². The molecule has 0 bridgehead atoms. The molecule has 1 aromatic rings. The van der Waals surface area contributed by atoms with E-state index in [1.54, 1.807) is 7.11 Å². The van der Waals surface area contributed by atoms with Gasteiger partial charge in [0.15, 0.2) is 0 Å². The maximum atomic E-state index is 8.63. The Labute approximate surface area is 90.4 Å². The van der Waals surface area contributed by atoms with Gasteiger partial charge < -0.3 is 9.84 Å². The zero-order chi connectivity index (χ0) is 11.1. The van der Waals surface area contributed by atoms with Crippen LogP contribution in [0.2, 0.25) is 0 Å². The number of ether oxygens (including phenoxy) is 1. The van der Waals surface area contributed by atoms with E-state index in [9.17, 15) is 0 Å². The highest BCUT2D eigenvalue weighted by atomic mass is 16.5. The van der Waals surface area contributed by atoms with Crippen LogP contribution in [0, 0.1) is 0 Å². The monoisotopic (exact) mass is 207 g/mol. The molecular weight excluding hydrogens is 190 g/mol. The Kier molecular flexibility index (Phi) is 4.84. The number of benzene rings is 1. The lowest BCUT2D eigenvalue weighted by atomic mass is 10.1. The van der Waals surface area contributed by atoms with E-state index < -0.39 is 0 Å². The summed E-state index contributed by atoms with van der Waals surface area (Å²) in [4.78, 5) is 4.36. The van der Waals surface area contributed by atoms with E-state index in [1.807, 2.05) is 31.2 Å². The highest BCUT2D eigenvalue weighted by molar-refractivity contribution is 5.98. The van der Waals surface area contributed by atoms with Gasteiger partial charge in [0.2, 0.25) is 0 Å². The molecular formula is C12H17NO2. The number of methoxy groups -OCH3 is 1. The quantitative estimate of drug-likeness (QED) is 0.591. The van der Waals surface area contributed by atoms with Gasteiger partial charge in [-0.3, -0.25) is 4.99 Å². The van der Waals surface area contributed by atoms with Crippen molar-refractivity contribution in [3.63, 3.8) is 0 Å². The van der Waals surface area contributed by atoms with Crippen molar-refractivity contribution >= 4 is 5.71 Å². The smallest absolute Gasteiger partial charge is 0.118 e. The summed E-state index contributed by atoms with van der Waals surface area (Å²) in [7, 11) is 1.65. The molecule has 1 aromatic carbocycles. The zero-order valence-corrected chi connectivity index (χ0v) is 9.23. The Morgan fingerprint density at radius 2 is 2.00 bits per heavy atom.